The van der Waals surface area contributed by atoms with E-state index in [2.05, 4.69) is 25.9 Å². The van der Waals surface area contributed by atoms with Gasteiger partial charge in [-0.15, -0.1) is 0 Å². The van der Waals surface area contributed by atoms with Gasteiger partial charge >= 0.3 is 6.03 Å². The van der Waals surface area contributed by atoms with E-state index in [0.717, 1.165) is 22.2 Å². The molecule has 0 atom stereocenters. The van der Waals surface area contributed by atoms with Crippen molar-refractivity contribution < 1.29 is 19.1 Å². The molecule has 238 valence electrons. The van der Waals surface area contributed by atoms with Crippen LogP contribution in [0.2, 0.25) is 10.0 Å². The number of urea groups is 1. The molecule has 10 nitrogen and oxygen atoms in total. The Morgan fingerprint density at radius 2 is 1.70 bits per heavy atom. The van der Waals surface area contributed by atoms with Crippen LogP contribution in [0.1, 0.15) is 16.8 Å². The van der Waals surface area contributed by atoms with Crippen LogP contribution in [0.5, 0.6) is 5.75 Å². The second-order valence-corrected chi connectivity index (χ2v) is 11.2. The number of hydrogen-bond donors (Lipinski definition) is 3. The Kier molecular flexibility index (Phi) is 10.7. The van der Waals surface area contributed by atoms with Crippen LogP contribution in [-0.4, -0.2) is 41.4 Å². The maximum absolute atomic E-state index is 13.0. The zero-order valence-corrected chi connectivity index (χ0v) is 27.0. The van der Waals surface area contributed by atoms with Crippen molar-refractivity contribution in [1.82, 2.24) is 15.3 Å². The van der Waals surface area contributed by atoms with E-state index in [1.54, 1.807) is 67.9 Å². The van der Waals surface area contributed by atoms with E-state index in [9.17, 15) is 14.4 Å². The van der Waals surface area contributed by atoms with Crippen LogP contribution in [0.3, 0.4) is 0 Å². The number of rotatable bonds is 10. The third-order valence-corrected chi connectivity index (χ3v) is 7.80. The Balaban J connectivity index is 1.14. The number of benzene rings is 3. The fourth-order valence-corrected chi connectivity index (χ4v) is 5.12. The molecule has 0 spiro atoms. The van der Waals surface area contributed by atoms with E-state index in [4.69, 9.17) is 27.9 Å². The monoisotopic (exact) mass is 668 g/mol. The molecule has 0 aliphatic rings. The number of hydrogen-bond acceptors (Lipinski definition) is 6. The van der Waals surface area contributed by atoms with Gasteiger partial charge in [0, 0.05) is 46.7 Å². The van der Waals surface area contributed by atoms with Crippen LogP contribution in [-0.2, 0) is 16.2 Å². The largest absolute Gasteiger partial charge is 0.487 e. The van der Waals surface area contributed by atoms with Crippen molar-refractivity contribution in [3.63, 3.8) is 0 Å². The lowest BCUT2D eigenvalue weighted by atomic mass is 10.1. The number of anilines is 3. The van der Waals surface area contributed by atoms with Crippen LogP contribution in [0.25, 0.3) is 17.0 Å². The average molecular weight is 670 g/mol. The van der Waals surface area contributed by atoms with Gasteiger partial charge in [-0.3, -0.25) is 14.6 Å². The quantitative estimate of drug-likeness (QED) is 0.135. The van der Waals surface area contributed by atoms with Crippen molar-refractivity contribution in [3.05, 3.63) is 124 Å². The first-order chi connectivity index (χ1) is 22.7. The smallest absolute Gasteiger partial charge is 0.323 e. The highest BCUT2D eigenvalue weighted by Crippen LogP contribution is 2.35. The molecule has 0 aliphatic carbocycles. The minimum Gasteiger partial charge on any atom is -0.487 e. The standard InChI is InChI=1S/C35H30Cl2N6O4/c1-22-8-12-24-5-3-7-30(34(24)40-22)47-21-27-28(36)15-16-29(33(27)37)43(2)32(45)20-39-31(44)17-11-23-9-13-25(14-10-23)41-35(46)42-26-6-4-18-38-19-26/h3-19H,20-21H2,1-2H3,(H,39,44)(H2,41,42,46). The highest BCUT2D eigenvalue weighted by Gasteiger charge is 2.19. The summed E-state index contributed by atoms with van der Waals surface area (Å²) < 4.78 is 6.08. The van der Waals surface area contributed by atoms with Crippen molar-refractivity contribution in [2.24, 2.45) is 0 Å². The van der Waals surface area contributed by atoms with Gasteiger partial charge in [0.1, 0.15) is 17.9 Å². The molecule has 12 heteroatoms. The van der Waals surface area contributed by atoms with Gasteiger partial charge in [0.2, 0.25) is 11.8 Å². The molecule has 3 aromatic carbocycles. The molecule has 2 aromatic heterocycles. The molecule has 2 heterocycles. The number of fused-ring (bicyclic) bond motifs is 1. The van der Waals surface area contributed by atoms with E-state index in [0.29, 0.717) is 33.4 Å². The Morgan fingerprint density at radius 3 is 2.47 bits per heavy atom. The molecular formula is C35H30Cl2N6O4. The van der Waals surface area contributed by atoms with Gasteiger partial charge in [-0.2, -0.15) is 0 Å². The van der Waals surface area contributed by atoms with Gasteiger partial charge in [-0.25, -0.2) is 9.78 Å². The lowest BCUT2D eigenvalue weighted by molar-refractivity contribution is -0.122. The molecule has 0 bridgehead atoms. The second-order valence-electron chi connectivity index (χ2n) is 10.4. The van der Waals surface area contributed by atoms with Crippen LogP contribution in [0.4, 0.5) is 21.9 Å². The molecule has 3 N–H and O–H groups in total. The normalized spacial score (nSPS) is 10.9. The first-order valence-electron chi connectivity index (χ1n) is 14.4. The van der Waals surface area contributed by atoms with Crippen molar-refractivity contribution >= 4 is 75.1 Å². The summed E-state index contributed by atoms with van der Waals surface area (Å²) in [6, 6.07) is 22.8. The maximum atomic E-state index is 13.0. The van der Waals surface area contributed by atoms with Gasteiger partial charge in [0.05, 0.1) is 29.1 Å². The van der Waals surface area contributed by atoms with E-state index in [-0.39, 0.29) is 18.2 Å². The first-order valence-corrected chi connectivity index (χ1v) is 15.2. The lowest BCUT2D eigenvalue weighted by Crippen LogP contribution is -2.37. The zero-order valence-electron chi connectivity index (χ0n) is 25.5. The highest BCUT2D eigenvalue weighted by atomic mass is 35.5. The molecule has 0 aliphatic heterocycles. The van der Waals surface area contributed by atoms with Gasteiger partial charge in [0.15, 0.2) is 0 Å². The number of likely N-dealkylation sites (N-methyl/N-ethyl adjacent to an activating group) is 1. The van der Waals surface area contributed by atoms with E-state index >= 15 is 0 Å². The van der Waals surface area contributed by atoms with Crippen molar-refractivity contribution in [2.45, 2.75) is 13.5 Å². The van der Waals surface area contributed by atoms with Gasteiger partial charge < -0.3 is 25.6 Å². The van der Waals surface area contributed by atoms with Crippen molar-refractivity contribution in [2.75, 3.05) is 29.1 Å². The molecule has 0 saturated heterocycles. The third-order valence-electron chi connectivity index (χ3n) is 7.02. The molecule has 0 radical (unpaired) electrons. The predicted molar refractivity (Wildman–Crippen MR) is 186 cm³/mol. The Bertz CT molecular complexity index is 1950. The SMILES string of the molecule is Cc1ccc2cccc(OCc3c(Cl)ccc(N(C)C(=O)CNC(=O)C=Cc4ccc(NC(=O)Nc5cccnc5)cc4)c3Cl)c2n1. The highest BCUT2D eigenvalue weighted by molar-refractivity contribution is 6.38. The summed E-state index contributed by atoms with van der Waals surface area (Å²) >= 11 is 13.2. The van der Waals surface area contributed by atoms with E-state index < -0.39 is 17.8 Å². The zero-order chi connectivity index (χ0) is 33.3. The number of carbonyl (C=O) groups excluding carboxylic acids is 3. The molecule has 0 fully saturated rings. The molecular weight excluding hydrogens is 639 g/mol. The molecule has 5 rings (SSSR count). The number of aromatic nitrogens is 2. The summed E-state index contributed by atoms with van der Waals surface area (Å²) in [7, 11) is 1.56. The number of aryl methyl sites for hydroxylation is 1. The number of halogens is 2. The summed E-state index contributed by atoms with van der Waals surface area (Å²) in [6.45, 7) is 1.70. The van der Waals surface area contributed by atoms with E-state index in [1.807, 2.05) is 37.3 Å². The van der Waals surface area contributed by atoms with Crippen molar-refractivity contribution in [1.29, 1.82) is 0 Å². The summed E-state index contributed by atoms with van der Waals surface area (Å²) in [6.07, 6.45) is 6.07. The molecule has 0 saturated carbocycles. The topological polar surface area (TPSA) is 126 Å². The summed E-state index contributed by atoms with van der Waals surface area (Å²) in [5, 5.41) is 9.58. The van der Waals surface area contributed by atoms with Crippen LogP contribution >= 0.6 is 23.2 Å². The molecule has 5 aromatic rings. The number of carbonyl (C=O) groups is 3. The number of pyridine rings is 2. The first kappa shape index (κ1) is 32.9. The number of nitrogens with one attached hydrogen (secondary N) is 3. The number of para-hydroxylation sites is 1. The fourth-order valence-electron chi connectivity index (χ4n) is 4.51. The fraction of sp³-hybridized carbons (Fsp3) is 0.114. The Morgan fingerprint density at radius 1 is 0.915 bits per heavy atom. The molecule has 47 heavy (non-hydrogen) atoms. The summed E-state index contributed by atoms with van der Waals surface area (Å²) in [5.41, 5.74) is 4.37. The third kappa shape index (κ3) is 8.63. The van der Waals surface area contributed by atoms with Crippen molar-refractivity contribution in [3.8, 4) is 5.75 Å². The Labute approximate surface area is 281 Å². The number of nitrogens with zero attached hydrogens (tertiary/aromatic N) is 3. The summed E-state index contributed by atoms with van der Waals surface area (Å²) in [4.78, 5) is 47.5. The summed E-state index contributed by atoms with van der Waals surface area (Å²) in [5.74, 6) is -0.266. The van der Waals surface area contributed by atoms with Gasteiger partial charge in [-0.05, 0) is 67.1 Å². The van der Waals surface area contributed by atoms with Crippen LogP contribution in [0.15, 0.2) is 97.3 Å². The average Bonchev–Trinajstić information content (AvgIpc) is 3.07. The van der Waals surface area contributed by atoms with Crippen LogP contribution < -0.4 is 25.6 Å². The van der Waals surface area contributed by atoms with Crippen LogP contribution in [0, 0.1) is 6.92 Å². The predicted octanol–water partition coefficient (Wildman–Crippen LogP) is 7.26. The minimum atomic E-state index is -0.458. The van der Waals surface area contributed by atoms with E-state index in [1.165, 1.54) is 17.2 Å². The number of ether oxygens (including phenoxy) is 1. The lowest BCUT2D eigenvalue weighted by Gasteiger charge is -2.21. The second kappa shape index (κ2) is 15.2. The molecule has 4 amide bonds. The molecule has 0 unspecified atom stereocenters. The van der Waals surface area contributed by atoms with Gasteiger partial charge in [-0.1, -0.05) is 53.5 Å². The minimum absolute atomic E-state index is 0.0550. The number of amides is 4. The maximum Gasteiger partial charge on any atom is 0.323 e. The Hall–Kier alpha value is -5.45. The van der Waals surface area contributed by atoms with Gasteiger partial charge in [0.25, 0.3) is 0 Å².